The van der Waals surface area contributed by atoms with Crippen LogP contribution in [0.1, 0.15) is 19.4 Å². The molecule has 4 heteroatoms. The van der Waals surface area contributed by atoms with Gasteiger partial charge in [0.05, 0.1) is 7.11 Å². The van der Waals surface area contributed by atoms with Crippen molar-refractivity contribution < 1.29 is 4.74 Å². The average Bonchev–Trinajstić information content (AvgIpc) is 2.55. The maximum atomic E-state index is 5.62. The van der Waals surface area contributed by atoms with E-state index in [0.717, 1.165) is 29.6 Å². The van der Waals surface area contributed by atoms with Crippen molar-refractivity contribution in [3.63, 3.8) is 0 Å². The third-order valence-electron chi connectivity index (χ3n) is 3.43. The van der Waals surface area contributed by atoms with Crippen LogP contribution < -0.4 is 10.1 Å². The highest BCUT2D eigenvalue weighted by Crippen LogP contribution is 2.16. The van der Waals surface area contributed by atoms with E-state index in [1.54, 1.807) is 7.11 Å². The Morgan fingerprint density at radius 3 is 2.30 bits per heavy atom. The number of nitrogens with one attached hydrogen (secondary N) is 1. The summed E-state index contributed by atoms with van der Waals surface area (Å²) in [6, 6.07) is 18.2. The van der Waals surface area contributed by atoms with Crippen LogP contribution in [0.2, 0.25) is 0 Å². The molecule has 3 nitrogen and oxygen atoms in total. The summed E-state index contributed by atoms with van der Waals surface area (Å²) in [5.41, 5.74) is 2.23. The van der Waals surface area contributed by atoms with E-state index in [0.29, 0.717) is 5.92 Å². The number of anilines is 1. The highest BCUT2D eigenvalue weighted by atomic mass is 32.1. The zero-order chi connectivity index (χ0) is 16.7. The van der Waals surface area contributed by atoms with Gasteiger partial charge >= 0.3 is 0 Å². The Bertz CT molecular complexity index is 611. The molecule has 0 fully saturated rings. The van der Waals surface area contributed by atoms with Crippen LogP contribution in [-0.2, 0) is 6.54 Å². The topological polar surface area (TPSA) is 24.5 Å². The molecule has 0 saturated carbocycles. The van der Waals surface area contributed by atoms with E-state index in [1.807, 2.05) is 30.3 Å². The first-order valence-electron chi connectivity index (χ1n) is 7.82. The molecule has 23 heavy (non-hydrogen) atoms. The Balaban J connectivity index is 2.06. The van der Waals surface area contributed by atoms with Gasteiger partial charge in [-0.2, -0.15) is 0 Å². The van der Waals surface area contributed by atoms with E-state index < -0.39 is 0 Å². The third kappa shape index (κ3) is 5.57. The number of benzene rings is 2. The molecule has 0 unspecified atom stereocenters. The summed E-state index contributed by atoms with van der Waals surface area (Å²) in [4.78, 5) is 2.21. The van der Waals surface area contributed by atoms with Crippen LogP contribution in [-0.4, -0.2) is 23.7 Å². The van der Waals surface area contributed by atoms with Crippen LogP contribution in [0.3, 0.4) is 0 Å². The fraction of sp³-hybridized carbons (Fsp3) is 0.316. The average molecular weight is 328 g/mol. The van der Waals surface area contributed by atoms with Crippen molar-refractivity contribution >= 4 is 23.0 Å². The Labute approximate surface area is 144 Å². The molecule has 0 amide bonds. The molecule has 2 aromatic carbocycles. The summed E-state index contributed by atoms with van der Waals surface area (Å²) >= 11 is 5.62. The molecule has 0 saturated heterocycles. The number of hydrogen-bond acceptors (Lipinski definition) is 2. The van der Waals surface area contributed by atoms with E-state index in [2.05, 4.69) is 48.3 Å². The Hall–Kier alpha value is -2.07. The second-order valence-corrected chi connectivity index (χ2v) is 6.31. The Kier molecular flexibility index (Phi) is 6.41. The molecule has 0 aliphatic heterocycles. The minimum Gasteiger partial charge on any atom is -0.497 e. The lowest BCUT2D eigenvalue weighted by molar-refractivity contribution is 0.364. The molecule has 2 rings (SSSR count). The number of rotatable bonds is 6. The van der Waals surface area contributed by atoms with Gasteiger partial charge in [0, 0.05) is 18.8 Å². The van der Waals surface area contributed by atoms with Gasteiger partial charge in [0.25, 0.3) is 0 Å². The molecule has 0 aliphatic rings. The van der Waals surface area contributed by atoms with Crippen LogP contribution >= 0.6 is 12.2 Å². The van der Waals surface area contributed by atoms with Gasteiger partial charge < -0.3 is 15.0 Å². The van der Waals surface area contributed by atoms with Gasteiger partial charge in [-0.25, -0.2) is 0 Å². The van der Waals surface area contributed by atoms with Crippen molar-refractivity contribution in [1.29, 1.82) is 0 Å². The summed E-state index contributed by atoms with van der Waals surface area (Å²) < 4.78 is 5.18. The van der Waals surface area contributed by atoms with E-state index in [-0.39, 0.29) is 0 Å². The van der Waals surface area contributed by atoms with Crippen LogP contribution in [0.4, 0.5) is 5.69 Å². The summed E-state index contributed by atoms with van der Waals surface area (Å²) in [5, 5.41) is 4.06. The van der Waals surface area contributed by atoms with Crippen molar-refractivity contribution in [3.05, 3.63) is 60.2 Å². The quantitative estimate of drug-likeness (QED) is 0.786. The Morgan fingerprint density at radius 1 is 1.09 bits per heavy atom. The largest absolute Gasteiger partial charge is 0.497 e. The van der Waals surface area contributed by atoms with Gasteiger partial charge in [-0.3, -0.25) is 0 Å². The summed E-state index contributed by atoms with van der Waals surface area (Å²) in [7, 11) is 1.66. The number of hydrogen-bond donors (Lipinski definition) is 1. The molecule has 0 radical (unpaired) electrons. The fourth-order valence-corrected chi connectivity index (χ4v) is 2.60. The molecule has 0 spiro atoms. The molecule has 0 aliphatic carbocycles. The minimum absolute atomic E-state index is 0.536. The highest BCUT2D eigenvalue weighted by Gasteiger charge is 2.12. The van der Waals surface area contributed by atoms with Crippen molar-refractivity contribution in [3.8, 4) is 5.75 Å². The van der Waals surface area contributed by atoms with Crippen LogP contribution in [0.5, 0.6) is 5.75 Å². The molecule has 0 atom stereocenters. The normalized spacial score (nSPS) is 10.4. The molecular weight excluding hydrogens is 304 g/mol. The maximum Gasteiger partial charge on any atom is 0.173 e. The molecule has 0 bridgehead atoms. The number of nitrogens with zero attached hydrogens (tertiary/aromatic N) is 1. The van der Waals surface area contributed by atoms with Crippen molar-refractivity contribution in [2.75, 3.05) is 19.0 Å². The van der Waals surface area contributed by atoms with Gasteiger partial charge in [-0.15, -0.1) is 0 Å². The van der Waals surface area contributed by atoms with E-state index in [1.165, 1.54) is 5.56 Å². The first-order chi connectivity index (χ1) is 11.1. The van der Waals surface area contributed by atoms with Crippen LogP contribution in [0.15, 0.2) is 54.6 Å². The van der Waals surface area contributed by atoms with Gasteiger partial charge in [0.1, 0.15) is 5.75 Å². The van der Waals surface area contributed by atoms with Crippen LogP contribution in [0, 0.1) is 5.92 Å². The first-order valence-corrected chi connectivity index (χ1v) is 8.23. The lowest BCUT2D eigenvalue weighted by Crippen LogP contribution is -2.36. The van der Waals surface area contributed by atoms with Gasteiger partial charge in [0.2, 0.25) is 0 Å². The van der Waals surface area contributed by atoms with E-state index in [4.69, 9.17) is 17.0 Å². The lowest BCUT2D eigenvalue weighted by atomic mass is 10.1. The lowest BCUT2D eigenvalue weighted by Gasteiger charge is -2.27. The highest BCUT2D eigenvalue weighted by molar-refractivity contribution is 7.80. The predicted octanol–water partition coefficient (Wildman–Crippen LogP) is 4.55. The molecule has 122 valence electrons. The second kappa shape index (κ2) is 8.53. The second-order valence-electron chi connectivity index (χ2n) is 5.92. The molecule has 1 N–H and O–H groups in total. The number of thiocarbonyl (C=S) groups is 1. The zero-order valence-corrected chi connectivity index (χ0v) is 14.8. The predicted molar refractivity (Wildman–Crippen MR) is 101 cm³/mol. The first kappa shape index (κ1) is 17.3. The van der Waals surface area contributed by atoms with Crippen LogP contribution in [0.25, 0.3) is 0 Å². The Morgan fingerprint density at radius 2 is 1.74 bits per heavy atom. The summed E-state index contributed by atoms with van der Waals surface area (Å²) in [5.74, 6) is 1.37. The molecule has 0 heterocycles. The zero-order valence-electron chi connectivity index (χ0n) is 14.0. The van der Waals surface area contributed by atoms with Crippen molar-refractivity contribution in [2.24, 2.45) is 5.92 Å². The standard InChI is InChI=1S/C19H24N2OS/c1-15(2)13-21(14-16-7-5-4-6-8-16)19(23)20-17-9-11-18(22-3)12-10-17/h4-12,15H,13-14H2,1-3H3,(H,20,23). The van der Waals surface area contributed by atoms with E-state index >= 15 is 0 Å². The fourth-order valence-electron chi connectivity index (χ4n) is 2.34. The summed E-state index contributed by atoms with van der Waals surface area (Å²) in [6.45, 7) is 6.12. The van der Waals surface area contributed by atoms with Crippen molar-refractivity contribution in [1.82, 2.24) is 4.90 Å². The number of ether oxygens (including phenoxy) is 1. The smallest absolute Gasteiger partial charge is 0.173 e. The SMILES string of the molecule is COc1ccc(NC(=S)N(Cc2ccccc2)CC(C)C)cc1. The molecular formula is C19H24N2OS. The molecule has 2 aromatic rings. The van der Waals surface area contributed by atoms with E-state index in [9.17, 15) is 0 Å². The van der Waals surface area contributed by atoms with Gasteiger partial charge in [0.15, 0.2) is 5.11 Å². The monoisotopic (exact) mass is 328 g/mol. The maximum absolute atomic E-state index is 5.62. The number of methoxy groups -OCH3 is 1. The summed E-state index contributed by atoms with van der Waals surface area (Å²) in [6.07, 6.45) is 0. The molecule has 0 aromatic heterocycles. The van der Waals surface area contributed by atoms with Crippen molar-refractivity contribution in [2.45, 2.75) is 20.4 Å². The van der Waals surface area contributed by atoms with Gasteiger partial charge in [-0.1, -0.05) is 44.2 Å². The van der Waals surface area contributed by atoms with Gasteiger partial charge in [-0.05, 0) is 48.0 Å². The minimum atomic E-state index is 0.536. The third-order valence-corrected chi connectivity index (χ3v) is 3.79.